The molecule has 0 aliphatic carbocycles. The number of hydrogen-bond donors (Lipinski definition) is 1. The highest BCUT2D eigenvalue weighted by molar-refractivity contribution is 7.99. The Kier molecular flexibility index (Phi) is 6.60. The fourth-order valence-corrected chi connectivity index (χ4v) is 2.69. The molecule has 3 heteroatoms. The Hall–Kier alpha value is -0.540. The van der Waals surface area contributed by atoms with Crippen LogP contribution in [0.15, 0.2) is 24.3 Å². The van der Waals surface area contributed by atoms with Gasteiger partial charge in [0, 0.05) is 17.0 Å². The molecule has 0 saturated carbocycles. The lowest BCUT2D eigenvalue weighted by atomic mass is 10.1. The lowest BCUT2D eigenvalue weighted by Gasteiger charge is -2.20. The molecule has 0 amide bonds. The number of hydrogen-bond acceptors (Lipinski definition) is 2. The Bertz CT molecular complexity index is 330. The minimum absolute atomic E-state index is 0.154. The van der Waals surface area contributed by atoms with Crippen LogP contribution in [0.1, 0.15) is 38.8 Å². The Balaban J connectivity index is 2.64. The number of rotatable bonds is 7. The smallest absolute Gasteiger partial charge is 0.123 e. The second-order valence-electron chi connectivity index (χ2n) is 4.22. The molecule has 0 aromatic heterocycles. The van der Waals surface area contributed by atoms with E-state index >= 15 is 0 Å². The van der Waals surface area contributed by atoms with Crippen molar-refractivity contribution in [2.24, 2.45) is 0 Å². The van der Waals surface area contributed by atoms with Gasteiger partial charge in [-0.2, -0.15) is 11.8 Å². The molecule has 1 rings (SSSR count). The fraction of sp³-hybridized carbons (Fsp3) is 0.571. The molecule has 0 heterocycles. The maximum absolute atomic E-state index is 13.2. The van der Waals surface area contributed by atoms with Gasteiger partial charge in [0.05, 0.1) is 0 Å². The average molecular weight is 255 g/mol. The molecule has 0 aliphatic heterocycles. The van der Waals surface area contributed by atoms with Crippen LogP contribution in [-0.4, -0.2) is 17.5 Å². The summed E-state index contributed by atoms with van der Waals surface area (Å²) in [6.07, 6.45) is 1.17. The largest absolute Gasteiger partial charge is 0.310 e. The molecule has 0 spiro atoms. The standard InChI is InChI=1S/C14H22FNS/c1-4-11(3)17-10-14(16-5-2)12-7-6-8-13(15)9-12/h6-9,11,14,16H,4-5,10H2,1-3H3. The second-order valence-corrected chi connectivity index (χ2v) is 5.69. The molecular formula is C14H22FNS. The zero-order chi connectivity index (χ0) is 12.7. The van der Waals surface area contributed by atoms with Gasteiger partial charge in [-0.05, 0) is 30.7 Å². The third kappa shape index (κ3) is 5.09. The molecule has 1 nitrogen and oxygen atoms in total. The molecule has 0 saturated heterocycles. The van der Waals surface area contributed by atoms with Gasteiger partial charge in [-0.15, -0.1) is 0 Å². The van der Waals surface area contributed by atoms with Crippen LogP contribution in [0.3, 0.4) is 0 Å². The van der Waals surface area contributed by atoms with Crippen molar-refractivity contribution in [3.63, 3.8) is 0 Å². The van der Waals surface area contributed by atoms with Crippen molar-refractivity contribution < 1.29 is 4.39 Å². The number of nitrogens with one attached hydrogen (secondary N) is 1. The van der Waals surface area contributed by atoms with Crippen molar-refractivity contribution in [3.8, 4) is 0 Å². The first-order valence-electron chi connectivity index (χ1n) is 6.27. The van der Waals surface area contributed by atoms with E-state index in [0.29, 0.717) is 5.25 Å². The van der Waals surface area contributed by atoms with Gasteiger partial charge in [0.2, 0.25) is 0 Å². The molecule has 17 heavy (non-hydrogen) atoms. The topological polar surface area (TPSA) is 12.0 Å². The summed E-state index contributed by atoms with van der Waals surface area (Å²) in [7, 11) is 0. The van der Waals surface area contributed by atoms with Crippen LogP contribution in [0.4, 0.5) is 4.39 Å². The van der Waals surface area contributed by atoms with Crippen molar-refractivity contribution in [2.75, 3.05) is 12.3 Å². The number of thioether (sulfide) groups is 1. The fourth-order valence-electron chi connectivity index (χ4n) is 1.62. The van der Waals surface area contributed by atoms with E-state index in [-0.39, 0.29) is 11.9 Å². The molecular weight excluding hydrogens is 233 g/mol. The number of benzene rings is 1. The van der Waals surface area contributed by atoms with Gasteiger partial charge in [-0.3, -0.25) is 0 Å². The molecule has 1 N–H and O–H groups in total. The summed E-state index contributed by atoms with van der Waals surface area (Å²) < 4.78 is 13.2. The van der Waals surface area contributed by atoms with Crippen molar-refractivity contribution in [2.45, 2.75) is 38.5 Å². The predicted molar refractivity (Wildman–Crippen MR) is 75.0 cm³/mol. The van der Waals surface area contributed by atoms with Gasteiger partial charge in [0.25, 0.3) is 0 Å². The molecule has 0 aliphatic rings. The van der Waals surface area contributed by atoms with E-state index in [1.807, 2.05) is 17.8 Å². The first-order chi connectivity index (χ1) is 8.17. The van der Waals surface area contributed by atoms with Gasteiger partial charge in [-0.1, -0.05) is 32.9 Å². The summed E-state index contributed by atoms with van der Waals surface area (Å²) in [5.74, 6) is 0.839. The van der Waals surface area contributed by atoms with Gasteiger partial charge >= 0.3 is 0 Å². The molecule has 0 bridgehead atoms. The summed E-state index contributed by atoms with van der Waals surface area (Å²) in [5, 5.41) is 4.08. The second kappa shape index (κ2) is 7.72. The summed E-state index contributed by atoms with van der Waals surface area (Å²) in [6.45, 7) is 7.42. The Labute approximate surface area is 108 Å². The van der Waals surface area contributed by atoms with Crippen LogP contribution in [0.5, 0.6) is 0 Å². The van der Waals surface area contributed by atoms with E-state index in [2.05, 4.69) is 26.1 Å². The summed E-state index contributed by atoms with van der Waals surface area (Å²) >= 11 is 1.94. The molecule has 0 fully saturated rings. The van der Waals surface area contributed by atoms with Gasteiger partial charge < -0.3 is 5.32 Å². The normalized spacial score (nSPS) is 14.6. The summed E-state index contributed by atoms with van der Waals surface area (Å²) in [5.41, 5.74) is 1.04. The van der Waals surface area contributed by atoms with Crippen LogP contribution in [-0.2, 0) is 0 Å². The number of halogens is 1. The van der Waals surface area contributed by atoms with Crippen LogP contribution in [0, 0.1) is 5.82 Å². The van der Waals surface area contributed by atoms with Crippen molar-refractivity contribution in [3.05, 3.63) is 35.6 Å². The van der Waals surface area contributed by atoms with Gasteiger partial charge in [0.15, 0.2) is 0 Å². The van der Waals surface area contributed by atoms with Crippen molar-refractivity contribution >= 4 is 11.8 Å². The third-order valence-corrected chi connectivity index (χ3v) is 4.25. The highest BCUT2D eigenvalue weighted by atomic mass is 32.2. The molecule has 96 valence electrons. The highest BCUT2D eigenvalue weighted by Gasteiger charge is 2.12. The van der Waals surface area contributed by atoms with Crippen LogP contribution < -0.4 is 5.32 Å². The SMILES string of the molecule is CCNC(CSC(C)CC)c1cccc(F)c1. The highest BCUT2D eigenvalue weighted by Crippen LogP contribution is 2.23. The predicted octanol–water partition coefficient (Wildman–Crippen LogP) is 4.01. The maximum Gasteiger partial charge on any atom is 0.123 e. The molecule has 2 atom stereocenters. The van der Waals surface area contributed by atoms with Crippen LogP contribution in [0.2, 0.25) is 0 Å². The van der Waals surface area contributed by atoms with E-state index in [1.54, 1.807) is 12.1 Å². The van der Waals surface area contributed by atoms with Crippen LogP contribution in [0.25, 0.3) is 0 Å². The minimum atomic E-state index is -0.154. The Morgan fingerprint density at radius 1 is 1.35 bits per heavy atom. The van der Waals surface area contributed by atoms with E-state index in [4.69, 9.17) is 0 Å². The van der Waals surface area contributed by atoms with E-state index in [1.165, 1.54) is 12.5 Å². The maximum atomic E-state index is 13.2. The summed E-state index contributed by atoms with van der Waals surface area (Å²) in [6, 6.07) is 7.14. The van der Waals surface area contributed by atoms with Crippen LogP contribution >= 0.6 is 11.8 Å². The van der Waals surface area contributed by atoms with E-state index < -0.39 is 0 Å². The lowest BCUT2D eigenvalue weighted by molar-refractivity contribution is 0.588. The molecule has 2 unspecified atom stereocenters. The van der Waals surface area contributed by atoms with E-state index in [0.717, 1.165) is 17.9 Å². The van der Waals surface area contributed by atoms with E-state index in [9.17, 15) is 4.39 Å². The summed E-state index contributed by atoms with van der Waals surface area (Å²) in [4.78, 5) is 0. The minimum Gasteiger partial charge on any atom is -0.310 e. The Morgan fingerprint density at radius 2 is 2.12 bits per heavy atom. The van der Waals surface area contributed by atoms with Gasteiger partial charge in [-0.25, -0.2) is 4.39 Å². The molecule has 1 aromatic carbocycles. The Morgan fingerprint density at radius 3 is 2.71 bits per heavy atom. The zero-order valence-corrected chi connectivity index (χ0v) is 11.7. The van der Waals surface area contributed by atoms with Crippen molar-refractivity contribution in [1.29, 1.82) is 0 Å². The average Bonchev–Trinajstić information content (AvgIpc) is 2.34. The first kappa shape index (κ1) is 14.5. The third-order valence-electron chi connectivity index (χ3n) is 2.82. The first-order valence-corrected chi connectivity index (χ1v) is 7.32. The quantitative estimate of drug-likeness (QED) is 0.790. The van der Waals surface area contributed by atoms with Crippen molar-refractivity contribution in [1.82, 2.24) is 5.32 Å². The van der Waals surface area contributed by atoms with Gasteiger partial charge in [0.1, 0.15) is 5.82 Å². The monoisotopic (exact) mass is 255 g/mol. The molecule has 0 radical (unpaired) electrons. The zero-order valence-electron chi connectivity index (χ0n) is 10.9. The lowest BCUT2D eigenvalue weighted by Crippen LogP contribution is -2.23. The molecule has 1 aromatic rings.